The van der Waals surface area contributed by atoms with Crippen LogP contribution in [0.5, 0.6) is 0 Å². The van der Waals surface area contributed by atoms with Crippen LogP contribution in [0.4, 0.5) is 0 Å². The summed E-state index contributed by atoms with van der Waals surface area (Å²) < 4.78 is 0. The second-order valence-corrected chi connectivity index (χ2v) is 3.73. The lowest BCUT2D eigenvalue weighted by Gasteiger charge is -2.20. The standard InChI is InChI=1S/C12H15N3/c1-8-4-3-5-9(2)11(8)10-6-7-14-12(13)15-10/h3-7,12,15H,13H2,1-2H3. The Morgan fingerprint density at radius 2 is 1.93 bits per heavy atom. The molecule has 1 aliphatic heterocycles. The van der Waals surface area contributed by atoms with Gasteiger partial charge < -0.3 is 5.32 Å². The third-order valence-corrected chi connectivity index (χ3v) is 2.54. The minimum Gasteiger partial charge on any atom is -0.351 e. The fraction of sp³-hybridized carbons (Fsp3) is 0.250. The van der Waals surface area contributed by atoms with Crippen molar-refractivity contribution in [1.29, 1.82) is 0 Å². The summed E-state index contributed by atoms with van der Waals surface area (Å²) in [4.78, 5) is 4.03. The van der Waals surface area contributed by atoms with E-state index < -0.39 is 0 Å². The van der Waals surface area contributed by atoms with Crippen LogP contribution >= 0.6 is 0 Å². The van der Waals surface area contributed by atoms with Gasteiger partial charge in [-0.1, -0.05) is 18.2 Å². The van der Waals surface area contributed by atoms with Crippen LogP contribution in [-0.2, 0) is 0 Å². The highest BCUT2D eigenvalue weighted by Crippen LogP contribution is 2.21. The minimum atomic E-state index is -0.330. The summed E-state index contributed by atoms with van der Waals surface area (Å²) in [6, 6.07) is 6.26. The molecule has 3 nitrogen and oxygen atoms in total. The smallest absolute Gasteiger partial charge is 0.171 e. The number of rotatable bonds is 1. The van der Waals surface area contributed by atoms with Crippen molar-refractivity contribution in [2.75, 3.05) is 0 Å². The Bertz CT molecular complexity index is 412. The molecule has 78 valence electrons. The molecule has 0 fully saturated rings. The lowest BCUT2D eigenvalue weighted by Crippen LogP contribution is -2.36. The Balaban J connectivity index is 2.46. The maximum Gasteiger partial charge on any atom is 0.171 e. The van der Waals surface area contributed by atoms with Crippen molar-refractivity contribution in [2.24, 2.45) is 10.7 Å². The van der Waals surface area contributed by atoms with Gasteiger partial charge in [-0.25, -0.2) is 0 Å². The highest BCUT2D eigenvalue weighted by atomic mass is 15.2. The zero-order chi connectivity index (χ0) is 10.8. The quantitative estimate of drug-likeness (QED) is 0.724. The molecule has 0 amide bonds. The van der Waals surface area contributed by atoms with Gasteiger partial charge in [-0.2, -0.15) is 0 Å². The van der Waals surface area contributed by atoms with Gasteiger partial charge >= 0.3 is 0 Å². The van der Waals surface area contributed by atoms with Crippen molar-refractivity contribution in [2.45, 2.75) is 20.1 Å². The monoisotopic (exact) mass is 201 g/mol. The minimum absolute atomic E-state index is 0.330. The molecule has 0 spiro atoms. The van der Waals surface area contributed by atoms with E-state index in [2.05, 4.69) is 42.4 Å². The Labute approximate surface area is 89.7 Å². The van der Waals surface area contributed by atoms with Crippen LogP contribution in [0.25, 0.3) is 5.70 Å². The van der Waals surface area contributed by atoms with E-state index in [0.717, 1.165) is 5.70 Å². The zero-order valence-electron chi connectivity index (χ0n) is 8.99. The van der Waals surface area contributed by atoms with E-state index in [1.165, 1.54) is 16.7 Å². The fourth-order valence-corrected chi connectivity index (χ4v) is 1.85. The molecule has 1 heterocycles. The van der Waals surface area contributed by atoms with Crippen molar-refractivity contribution in [3.05, 3.63) is 41.0 Å². The van der Waals surface area contributed by atoms with Crippen molar-refractivity contribution < 1.29 is 0 Å². The second-order valence-electron chi connectivity index (χ2n) is 3.73. The van der Waals surface area contributed by atoms with Crippen LogP contribution in [0.1, 0.15) is 16.7 Å². The molecule has 0 aliphatic carbocycles. The molecular weight excluding hydrogens is 186 g/mol. The van der Waals surface area contributed by atoms with Gasteiger partial charge in [0.05, 0.1) is 0 Å². The van der Waals surface area contributed by atoms with E-state index in [0.29, 0.717) is 0 Å². The number of benzene rings is 1. The molecule has 0 bridgehead atoms. The van der Waals surface area contributed by atoms with E-state index in [1.807, 2.05) is 6.08 Å². The summed E-state index contributed by atoms with van der Waals surface area (Å²) in [7, 11) is 0. The first-order valence-corrected chi connectivity index (χ1v) is 5.00. The molecule has 1 atom stereocenters. The summed E-state index contributed by atoms with van der Waals surface area (Å²) in [5.41, 5.74) is 10.5. The van der Waals surface area contributed by atoms with Crippen LogP contribution in [0.2, 0.25) is 0 Å². The normalized spacial score (nSPS) is 19.7. The van der Waals surface area contributed by atoms with Gasteiger partial charge in [-0.3, -0.25) is 10.7 Å². The van der Waals surface area contributed by atoms with Gasteiger partial charge in [0.25, 0.3) is 0 Å². The molecule has 0 saturated heterocycles. The maximum absolute atomic E-state index is 5.71. The Morgan fingerprint density at radius 3 is 2.53 bits per heavy atom. The first-order valence-electron chi connectivity index (χ1n) is 5.00. The lowest BCUT2D eigenvalue weighted by molar-refractivity contribution is 0.652. The highest BCUT2D eigenvalue weighted by molar-refractivity contribution is 5.87. The Kier molecular flexibility index (Phi) is 2.56. The Hall–Kier alpha value is -1.61. The lowest BCUT2D eigenvalue weighted by atomic mass is 9.99. The van der Waals surface area contributed by atoms with E-state index >= 15 is 0 Å². The molecule has 1 unspecified atom stereocenters. The third kappa shape index (κ3) is 1.92. The average Bonchev–Trinajstić information content (AvgIpc) is 2.17. The molecule has 0 aromatic heterocycles. The molecule has 1 aromatic rings. The molecule has 1 aromatic carbocycles. The predicted octanol–water partition coefficient (Wildman–Crippen LogP) is 1.56. The van der Waals surface area contributed by atoms with Gasteiger partial charge in [0.1, 0.15) is 0 Å². The van der Waals surface area contributed by atoms with E-state index in [9.17, 15) is 0 Å². The molecule has 3 N–H and O–H groups in total. The van der Waals surface area contributed by atoms with Crippen molar-refractivity contribution in [1.82, 2.24) is 5.32 Å². The molecule has 1 aliphatic rings. The number of hydrogen-bond acceptors (Lipinski definition) is 3. The van der Waals surface area contributed by atoms with Gasteiger partial charge in [0, 0.05) is 17.5 Å². The number of aryl methyl sites for hydroxylation is 2. The third-order valence-electron chi connectivity index (χ3n) is 2.54. The van der Waals surface area contributed by atoms with Gasteiger partial charge in [-0.15, -0.1) is 0 Å². The van der Waals surface area contributed by atoms with Gasteiger partial charge in [0.2, 0.25) is 0 Å². The second kappa shape index (κ2) is 3.87. The van der Waals surface area contributed by atoms with Crippen molar-refractivity contribution >= 4 is 11.9 Å². The number of nitrogens with two attached hydrogens (primary N) is 1. The number of hydrogen-bond donors (Lipinski definition) is 2. The fourth-order valence-electron chi connectivity index (χ4n) is 1.85. The van der Waals surface area contributed by atoms with Crippen LogP contribution in [0.15, 0.2) is 29.3 Å². The van der Waals surface area contributed by atoms with Crippen molar-refractivity contribution in [3.63, 3.8) is 0 Å². The summed E-state index contributed by atoms with van der Waals surface area (Å²) >= 11 is 0. The molecule has 0 saturated carbocycles. The average molecular weight is 201 g/mol. The SMILES string of the molecule is Cc1cccc(C)c1C1=CC=NC(N)N1. The molecule has 0 radical (unpaired) electrons. The van der Waals surface area contributed by atoms with Crippen LogP contribution in [0.3, 0.4) is 0 Å². The number of allylic oxidation sites excluding steroid dienone is 1. The van der Waals surface area contributed by atoms with Crippen LogP contribution < -0.4 is 11.1 Å². The van der Waals surface area contributed by atoms with E-state index in [1.54, 1.807) is 6.21 Å². The first kappa shape index (κ1) is 9.93. The summed E-state index contributed by atoms with van der Waals surface area (Å²) in [5, 5.41) is 3.16. The van der Waals surface area contributed by atoms with Crippen molar-refractivity contribution in [3.8, 4) is 0 Å². The molecular formula is C12H15N3. The van der Waals surface area contributed by atoms with Gasteiger partial charge in [0.15, 0.2) is 6.29 Å². The maximum atomic E-state index is 5.71. The summed E-state index contributed by atoms with van der Waals surface area (Å²) in [6.45, 7) is 4.20. The highest BCUT2D eigenvalue weighted by Gasteiger charge is 2.11. The first-order chi connectivity index (χ1) is 7.18. The van der Waals surface area contributed by atoms with Gasteiger partial charge in [-0.05, 0) is 31.1 Å². The number of aliphatic imine (C=N–C) groups is 1. The van der Waals surface area contributed by atoms with Crippen LogP contribution in [0, 0.1) is 13.8 Å². The molecule has 2 rings (SSSR count). The summed E-state index contributed by atoms with van der Waals surface area (Å²) in [6.07, 6.45) is 3.38. The largest absolute Gasteiger partial charge is 0.351 e. The Morgan fingerprint density at radius 1 is 1.27 bits per heavy atom. The topological polar surface area (TPSA) is 50.4 Å². The zero-order valence-corrected chi connectivity index (χ0v) is 8.99. The van der Waals surface area contributed by atoms with Crippen LogP contribution in [-0.4, -0.2) is 12.5 Å². The predicted molar refractivity (Wildman–Crippen MR) is 63.5 cm³/mol. The number of nitrogens with one attached hydrogen (secondary N) is 1. The molecule has 3 heteroatoms. The summed E-state index contributed by atoms with van der Waals surface area (Å²) in [5.74, 6) is 0. The van der Waals surface area contributed by atoms with E-state index in [4.69, 9.17) is 5.73 Å². The number of nitrogens with zero attached hydrogens (tertiary/aromatic N) is 1. The van der Waals surface area contributed by atoms with E-state index in [-0.39, 0.29) is 6.29 Å². The molecule has 15 heavy (non-hydrogen) atoms.